The van der Waals surface area contributed by atoms with Crippen LogP contribution in [0.1, 0.15) is 42.6 Å². The van der Waals surface area contributed by atoms with Crippen LogP contribution in [0.5, 0.6) is 0 Å². The highest BCUT2D eigenvalue weighted by atomic mass is 35.5. The quantitative estimate of drug-likeness (QED) is 0.747. The zero-order chi connectivity index (χ0) is 13.1. The predicted molar refractivity (Wildman–Crippen MR) is 74.9 cm³/mol. The first kappa shape index (κ1) is 13.4. The normalized spacial score (nSPS) is 24.1. The Morgan fingerprint density at radius 2 is 2.17 bits per heavy atom. The second kappa shape index (κ2) is 5.75. The third-order valence-corrected chi connectivity index (χ3v) is 4.02. The Balaban J connectivity index is 2.18. The minimum atomic E-state index is 0.140. The topological polar surface area (TPSA) is 20.3 Å². The average Bonchev–Trinajstić information content (AvgIpc) is 2.41. The lowest BCUT2D eigenvalue weighted by Crippen LogP contribution is -2.44. The Morgan fingerprint density at radius 3 is 2.89 bits per heavy atom. The number of alkyl halides is 1. The van der Waals surface area contributed by atoms with E-state index in [9.17, 15) is 4.79 Å². The van der Waals surface area contributed by atoms with Gasteiger partial charge in [0.15, 0.2) is 0 Å². The second-order valence-corrected chi connectivity index (χ2v) is 5.59. The van der Waals surface area contributed by atoms with Crippen molar-refractivity contribution in [1.29, 1.82) is 0 Å². The van der Waals surface area contributed by atoms with Gasteiger partial charge in [-0.3, -0.25) is 4.79 Å². The molecule has 2 unspecified atom stereocenters. The fourth-order valence-corrected chi connectivity index (χ4v) is 2.69. The first-order valence-corrected chi connectivity index (χ1v) is 7.11. The third kappa shape index (κ3) is 2.86. The molecule has 0 spiro atoms. The minimum Gasteiger partial charge on any atom is -0.336 e. The van der Waals surface area contributed by atoms with Crippen molar-refractivity contribution in [3.63, 3.8) is 0 Å². The number of rotatable bonds is 2. The van der Waals surface area contributed by atoms with Crippen LogP contribution in [0.3, 0.4) is 0 Å². The van der Waals surface area contributed by atoms with Crippen LogP contribution in [-0.4, -0.2) is 23.4 Å². The van der Waals surface area contributed by atoms with E-state index in [1.54, 1.807) is 0 Å². The number of piperidine rings is 1. The van der Waals surface area contributed by atoms with Gasteiger partial charge >= 0.3 is 0 Å². The summed E-state index contributed by atoms with van der Waals surface area (Å²) in [6.45, 7) is 5.21. The zero-order valence-corrected chi connectivity index (χ0v) is 11.8. The van der Waals surface area contributed by atoms with Crippen LogP contribution in [0.2, 0.25) is 0 Å². The fourth-order valence-electron chi connectivity index (χ4n) is 2.52. The third-order valence-electron chi connectivity index (χ3n) is 3.71. The van der Waals surface area contributed by atoms with Crippen molar-refractivity contribution in [2.75, 3.05) is 6.54 Å². The maximum atomic E-state index is 12.5. The molecule has 0 saturated carbocycles. The number of carbonyl (C=O) groups is 1. The van der Waals surface area contributed by atoms with Crippen molar-refractivity contribution in [2.45, 2.75) is 38.6 Å². The molecule has 1 amide bonds. The van der Waals surface area contributed by atoms with E-state index in [4.69, 9.17) is 11.6 Å². The molecule has 2 nitrogen and oxygen atoms in total. The van der Waals surface area contributed by atoms with Crippen LogP contribution < -0.4 is 0 Å². The van der Waals surface area contributed by atoms with E-state index in [2.05, 4.69) is 13.8 Å². The second-order valence-electron chi connectivity index (χ2n) is 5.32. The van der Waals surface area contributed by atoms with Gasteiger partial charge in [-0.25, -0.2) is 0 Å². The maximum Gasteiger partial charge on any atom is 0.254 e. The van der Waals surface area contributed by atoms with Crippen LogP contribution in [0.4, 0.5) is 0 Å². The first-order chi connectivity index (χ1) is 8.61. The zero-order valence-electron chi connectivity index (χ0n) is 11.0. The van der Waals surface area contributed by atoms with Crippen molar-refractivity contribution in [1.82, 2.24) is 4.90 Å². The summed E-state index contributed by atoms with van der Waals surface area (Å²) in [7, 11) is 0. The summed E-state index contributed by atoms with van der Waals surface area (Å²) in [5.74, 6) is 1.19. The Kier molecular flexibility index (Phi) is 4.28. The molecule has 18 heavy (non-hydrogen) atoms. The van der Waals surface area contributed by atoms with Crippen molar-refractivity contribution in [3.05, 3.63) is 35.4 Å². The van der Waals surface area contributed by atoms with Gasteiger partial charge in [-0.1, -0.05) is 19.1 Å². The molecule has 1 aliphatic heterocycles. The van der Waals surface area contributed by atoms with E-state index >= 15 is 0 Å². The molecular formula is C15H20ClNO. The molecule has 1 aromatic carbocycles. The van der Waals surface area contributed by atoms with E-state index in [0.717, 1.165) is 24.1 Å². The molecule has 1 aliphatic rings. The van der Waals surface area contributed by atoms with Gasteiger partial charge in [-0.2, -0.15) is 0 Å². The van der Waals surface area contributed by atoms with Crippen molar-refractivity contribution >= 4 is 17.5 Å². The lowest BCUT2D eigenvalue weighted by atomic mass is 9.94. The minimum absolute atomic E-state index is 0.140. The lowest BCUT2D eigenvalue weighted by molar-refractivity contribution is 0.0574. The Hall–Kier alpha value is -1.02. The molecule has 0 bridgehead atoms. The maximum absolute atomic E-state index is 12.5. The van der Waals surface area contributed by atoms with Crippen LogP contribution in [0.25, 0.3) is 0 Å². The highest BCUT2D eigenvalue weighted by Crippen LogP contribution is 2.23. The molecule has 0 aliphatic carbocycles. The van der Waals surface area contributed by atoms with E-state index < -0.39 is 0 Å². The molecule has 0 radical (unpaired) electrons. The summed E-state index contributed by atoms with van der Waals surface area (Å²) in [4.78, 5) is 14.5. The largest absolute Gasteiger partial charge is 0.336 e. The van der Waals surface area contributed by atoms with Gasteiger partial charge in [0.2, 0.25) is 0 Å². The molecule has 98 valence electrons. The summed E-state index contributed by atoms with van der Waals surface area (Å²) < 4.78 is 0. The lowest BCUT2D eigenvalue weighted by Gasteiger charge is -2.37. The van der Waals surface area contributed by atoms with E-state index in [1.165, 1.54) is 6.42 Å². The van der Waals surface area contributed by atoms with Crippen molar-refractivity contribution < 1.29 is 4.79 Å². The molecule has 1 aromatic rings. The molecule has 1 fully saturated rings. The number of hydrogen-bond acceptors (Lipinski definition) is 1. The van der Waals surface area contributed by atoms with Gasteiger partial charge in [-0.05, 0) is 43.4 Å². The van der Waals surface area contributed by atoms with Gasteiger partial charge in [0.05, 0.1) is 0 Å². The molecular weight excluding hydrogens is 246 g/mol. The molecule has 1 heterocycles. The van der Waals surface area contributed by atoms with Crippen molar-refractivity contribution in [3.8, 4) is 0 Å². The number of halogens is 1. The van der Waals surface area contributed by atoms with Gasteiger partial charge < -0.3 is 4.90 Å². The molecule has 1 saturated heterocycles. The van der Waals surface area contributed by atoms with Gasteiger partial charge in [-0.15, -0.1) is 11.6 Å². The highest BCUT2D eigenvalue weighted by Gasteiger charge is 2.27. The van der Waals surface area contributed by atoms with Crippen LogP contribution in [0, 0.1) is 5.92 Å². The van der Waals surface area contributed by atoms with Gasteiger partial charge in [0, 0.05) is 24.0 Å². The van der Waals surface area contributed by atoms with Crippen LogP contribution >= 0.6 is 11.6 Å². The summed E-state index contributed by atoms with van der Waals surface area (Å²) in [6.07, 6.45) is 2.31. The number of hydrogen-bond donors (Lipinski definition) is 0. The summed E-state index contributed by atoms with van der Waals surface area (Å²) in [6, 6.07) is 7.98. The van der Waals surface area contributed by atoms with Gasteiger partial charge in [0.1, 0.15) is 0 Å². The molecule has 2 atom stereocenters. The number of benzene rings is 1. The standard InChI is InChI=1S/C15H20ClNO/c1-11-6-7-12(2)17(10-11)15(18)14-5-3-4-13(8-14)9-16/h3-5,8,11-12H,6-7,9-10H2,1-2H3. The SMILES string of the molecule is CC1CCC(C)N(C(=O)c2cccc(CCl)c2)C1. The molecule has 2 rings (SSSR count). The number of carbonyl (C=O) groups excluding carboxylic acids is 1. The average molecular weight is 266 g/mol. The van der Waals surface area contributed by atoms with E-state index in [0.29, 0.717) is 17.8 Å². The molecule has 3 heteroatoms. The summed E-state index contributed by atoms with van der Waals surface area (Å²) in [5, 5.41) is 0. The van der Waals surface area contributed by atoms with Crippen LogP contribution in [0.15, 0.2) is 24.3 Å². The first-order valence-electron chi connectivity index (χ1n) is 6.57. The van der Waals surface area contributed by atoms with E-state index in [-0.39, 0.29) is 5.91 Å². The summed E-state index contributed by atoms with van der Waals surface area (Å²) in [5.41, 5.74) is 1.76. The predicted octanol–water partition coefficient (Wildman–Crippen LogP) is 3.69. The number of likely N-dealkylation sites (tertiary alicyclic amines) is 1. The van der Waals surface area contributed by atoms with Crippen LogP contribution in [-0.2, 0) is 5.88 Å². The Morgan fingerprint density at radius 1 is 1.39 bits per heavy atom. The highest BCUT2D eigenvalue weighted by molar-refractivity contribution is 6.17. The fraction of sp³-hybridized carbons (Fsp3) is 0.533. The molecule has 0 N–H and O–H groups in total. The monoisotopic (exact) mass is 265 g/mol. The molecule has 0 aromatic heterocycles. The van der Waals surface area contributed by atoms with Crippen molar-refractivity contribution in [2.24, 2.45) is 5.92 Å². The smallest absolute Gasteiger partial charge is 0.254 e. The number of nitrogens with zero attached hydrogens (tertiary/aromatic N) is 1. The number of amides is 1. The summed E-state index contributed by atoms with van der Waals surface area (Å²) >= 11 is 5.82. The Labute approximate surface area is 114 Å². The van der Waals surface area contributed by atoms with Gasteiger partial charge in [0.25, 0.3) is 5.91 Å². The Bertz CT molecular complexity index is 432. The van der Waals surface area contributed by atoms with E-state index in [1.807, 2.05) is 29.2 Å².